The van der Waals surface area contributed by atoms with E-state index in [4.69, 9.17) is 4.74 Å². The van der Waals surface area contributed by atoms with Crippen LogP contribution in [0.5, 0.6) is 5.75 Å². The number of carbonyl (C=O) groups excluding carboxylic acids is 1. The predicted molar refractivity (Wildman–Crippen MR) is 95.9 cm³/mol. The van der Waals surface area contributed by atoms with Gasteiger partial charge in [-0.2, -0.15) is 0 Å². The van der Waals surface area contributed by atoms with Gasteiger partial charge in [0, 0.05) is 12.0 Å². The van der Waals surface area contributed by atoms with Gasteiger partial charge < -0.3 is 4.74 Å². The number of allylic oxidation sites excluding steroid dienone is 4. The van der Waals surface area contributed by atoms with E-state index in [1.54, 1.807) is 7.11 Å². The molecule has 1 aliphatic carbocycles. The fraction of sp³-hybridized carbons (Fsp3) is 0.476. The zero-order chi connectivity index (χ0) is 16.7. The summed E-state index contributed by atoms with van der Waals surface area (Å²) in [7, 11) is 1.71. The Bertz CT molecular complexity index is 608. The first kappa shape index (κ1) is 17.5. The molecule has 0 radical (unpaired) electrons. The summed E-state index contributed by atoms with van der Waals surface area (Å²) in [5.74, 6) is 1.25. The summed E-state index contributed by atoms with van der Waals surface area (Å²) in [6.45, 7) is 4.27. The molecule has 124 valence electrons. The highest BCUT2D eigenvalue weighted by molar-refractivity contribution is 6.01. The standard InChI is InChI=1S/C21H28O2/c1-4-17(15-20-16(2)12-13-21(20)22)8-5-6-9-18-10-7-11-19(14-18)23-3/h7,10-11,14-15H,4-6,8-9,12-13H2,1-3H3. The quantitative estimate of drug-likeness (QED) is 0.599. The van der Waals surface area contributed by atoms with Crippen LogP contribution in [0.3, 0.4) is 0 Å². The molecule has 0 fully saturated rings. The van der Waals surface area contributed by atoms with Gasteiger partial charge >= 0.3 is 0 Å². The Hall–Kier alpha value is -1.83. The Morgan fingerprint density at radius 1 is 1.26 bits per heavy atom. The van der Waals surface area contributed by atoms with Crippen molar-refractivity contribution in [1.82, 2.24) is 0 Å². The minimum Gasteiger partial charge on any atom is -0.497 e. The van der Waals surface area contributed by atoms with Crippen LogP contribution in [-0.4, -0.2) is 12.9 Å². The third-order valence-corrected chi connectivity index (χ3v) is 4.64. The van der Waals surface area contributed by atoms with Crippen molar-refractivity contribution in [2.75, 3.05) is 7.11 Å². The molecule has 23 heavy (non-hydrogen) atoms. The van der Waals surface area contributed by atoms with Crippen molar-refractivity contribution in [3.63, 3.8) is 0 Å². The lowest BCUT2D eigenvalue weighted by atomic mass is 9.99. The van der Waals surface area contributed by atoms with Crippen LogP contribution >= 0.6 is 0 Å². The molecule has 0 N–H and O–H groups in total. The summed E-state index contributed by atoms with van der Waals surface area (Å²) in [4.78, 5) is 11.9. The molecule has 1 aromatic carbocycles. The van der Waals surface area contributed by atoms with Crippen molar-refractivity contribution in [2.24, 2.45) is 0 Å². The number of ether oxygens (including phenoxy) is 1. The number of aryl methyl sites for hydroxylation is 1. The summed E-state index contributed by atoms with van der Waals surface area (Å²) in [6.07, 6.45) is 9.33. The molecule has 2 heteroatoms. The average molecular weight is 312 g/mol. The minimum atomic E-state index is 0.324. The highest BCUT2D eigenvalue weighted by atomic mass is 16.5. The van der Waals surface area contributed by atoms with E-state index in [2.05, 4.69) is 32.1 Å². The van der Waals surface area contributed by atoms with Crippen LogP contribution in [-0.2, 0) is 11.2 Å². The summed E-state index contributed by atoms with van der Waals surface area (Å²) < 4.78 is 5.27. The number of hydrogen-bond acceptors (Lipinski definition) is 2. The zero-order valence-electron chi connectivity index (χ0n) is 14.7. The maximum Gasteiger partial charge on any atom is 0.163 e. The smallest absolute Gasteiger partial charge is 0.163 e. The maximum atomic E-state index is 11.9. The van der Waals surface area contributed by atoms with E-state index in [0.717, 1.165) is 49.8 Å². The number of methoxy groups -OCH3 is 1. The van der Waals surface area contributed by atoms with E-state index >= 15 is 0 Å². The number of Topliss-reactive ketones (excluding diaryl/α,β-unsaturated/α-hetero) is 1. The fourth-order valence-corrected chi connectivity index (χ4v) is 3.08. The van der Waals surface area contributed by atoms with Crippen LogP contribution < -0.4 is 4.74 Å². The Balaban J connectivity index is 1.84. The number of hydrogen-bond donors (Lipinski definition) is 0. The monoisotopic (exact) mass is 312 g/mol. The molecule has 0 atom stereocenters. The van der Waals surface area contributed by atoms with Crippen molar-refractivity contribution in [1.29, 1.82) is 0 Å². The van der Waals surface area contributed by atoms with Crippen molar-refractivity contribution < 1.29 is 9.53 Å². The molecule has 1 aliphatic rings. The van der Waals surface area contributed by atoms with E-state index in [9.17, 15) is 4.79 Å². The lowest BCUT2D eigenvalue weighted by Gasteiger charge is -2.07. The third kappa shape index (κ3) is 5.09. The number of ketones is 1. The van der Waals surface area contributed by atoms with Crippen LogP contribution in [0.25, 0.3) is 0 Å². The summed E-state index contributed by atoms with van der Waals surface area (Å²) in [5, 5.41) is 0. The second-order valence-electron chi connectivity index (χ2n) is 6.33. The number of unbranched alkanes of at least 4 members (excludes halogenated alkanes) is 1. The van der Waals surface area contributed by atoms with Crippen molar-refractivity contribution in [2.45, 2.75) is 58.8 Å². The topological polar surface area (TPSA) is 26.3 Å². The molecular weight excluding hydrogens is 284 g/mol. The molecule has 2 nitrogen and oxygen atoms in total. The molecule has 0 aliphatic heterocycles. The Morgan fingerprint density at radius 3 is 2.74 bits per heavy atom. The second kappa shape index (κ2) is 8.71. The summed E-state index contributed by atoms with van der Waals surface area (Å²) >= 11 is 0. The molecule has 0 amide bonds. The summed E-state index contributed by atoms with van der Waals surface area (Å²) in [5.41, 5.74) is 4.98. The first-order valence-electron chi connectivity index (χ1n) is 8.69. The Morgan fingerprint density at radius 2 is 2.09 bits per heavy atom. The van der Waals surface area contributed by atoms with Crippen LogP contribution in [0.1, 0.15) is 57.9 Å². The fourth-order valence-electron chi connectivity index (χ4n) is 3.08. The lowest BCUT2D eigenvalue weighted by Crippen LogP contribution is -1.95. The Kier molecular flexibility index (Phi) is 6.64. The average Bonchev–Trinajstić information content (AvgIpc) is 2.89. The van der Waals surface area contributed by atoms with Gasteiger partial charge in [-0.15, -0.1) is 0 Å². The van der Waals surface area contributed by atoms with E-state index in [1.807, 2.05) is 12.1 Å². The molecule has 0 heterocycles. The normalized spacial score (nSPS) is 15.4. The molecule has 0 bridgehead atoms. The Labute approximate surface area is 140 Å². The predicted octanol–water partition coefficient (Wildman–Crippen LogP) is 5.42. The number of rotatable bonds is 8. The first-order valence-corrected chi connectivity index (χ1v) is 8.69. The van der Waals surface area contributed by atoms with Gasteiger partial charge in [0.15, 0.2) is 5.78 Å². The molecule has 0 saturated heterocycles. The van der Waals surface area contributed by atoms with Gasteiger partial charge in [0.2, 0.25) is 0 Å². The van der Waals surface area contributed by atoms with Gasteiger partial charge in [0.05, 0.1) is 7.11 Å². The SMILES string of the molecule is CCC(=CC1=C(C)CCC1=O)CCCCc1cccc(OC)c1. The molecule has 0 aromatic heterocycles. The highest BCUT2D eigenvalue weighted by Gasteiger charge is 2.18. The number of benzene rings is 1. The second-order valence-corrected chi connectivity index (χ2v) is 6.33. The first-order chi connectivity index (χ1) is 11.1. The lowest BCUT2D eigenvalue weighted by molar-refractivity contribution is -0.114. The largest absolute Gasteiger partial charge is 0.497 e. The van der Waals surface area contributed by atoms with Gasteiger partial charge in [-0.05, 0) is 63.1 Å². The van der Waals surface area contributed by atoms with E-state index in [0.29, 0.717) is 12.2 Å². The maximum absolute atomic E-state index is 11.9. The summed E-state index contributed by atoms with van der Waals surface area (Å²) in [6, 6.07) is 8.30. The minimum absolute atomic E-state index is 0.324. The molecule has 2 rings (SSSR count). The van der Waals surface area contributed by atoms with Gasteiger partial charge in [-0.1, -0.05) is 36.3 Å². The van der Waals surface area contributed by atoms with E-state index in [-0.39, 0.29) is 0 Å². The van der Waals surface area contributed by atoms with Crippen LogP contribution in [0.15, 0.2) is 47.1 Å². The van der Waals surface area contributed by atoms with Gasteiger partial charge in [-0.25, -0.2) is 0 Å². The van der Waals surface area contributed by atoms with E-state index < -0.39 is 0 Å². The molecular formula is C21H28O2. The molecule has 0 unspecified atom stereocenters. The number of carbonyl (C=O) groups is 1. The third-order valence-electron chi connectivity index (χ3n) is 4.64. The van der Waals surface area contributed by atoms with E-state index in [1.165, 1.54) is 16.7 Å². The van der Waals surface area contributed by atoms with Crippen LogP contribution in [0.2, 0.25) is 0 Å². The van der Waals surface area contributed by atoms with Crippen molar-refractivity contribution >= 4 is 5.78 Å². The zero-order valence-corrected chi connectivity index (χ0v) is 14.7. The molecule has 0 spiro atoms. The van der Waals surface area contributed by atoms with Gasteiger partial charge in [0.1, 0.15) is 5.75 Å². The van der Waals surface area contributed by atoms with Crippen LogP contribution in [0, 0.1) is 0 Å². The van der Waals surface area contributed by atoms with Crippen molar-refractivity contribution in [3.8, 4) is 5.75 Å². The molecule has 1 aromatic rings. The van der Waals surface area contributed by atoms with Crippen molar-refractivity contribution in [3.05, 3.63) is 52.6 Å². The van der Waals surface area contributed by atoms with Gasteiger partial charge in [0.25, 0.3) is 0 Å². The van der Waals surface area contributed by atoms with Gasteiger partial charge in [-0.3, -0.25) is 4.79 Å². The van der Waals surface area contributed by atoms with Crippen LogP contribution in [0.4, 0.5) is 0 Å². The highest BCUT2D eigenvalue weighted by Crippen LogP contribution is 2.26. The molecule has 0 saturated carbocycles.